The van der Waals surface area contributed by atoms with Crippen molar-refractivity contribution in [3.63, 3.8) is 0 Å². The molecule has 1 saturated heterocycles. The third kappa shape index (κ3) is 3.90. The summed E-state index contributed by atoms with van der Waals surface area (Å²) in [6.45, 7) is 3.42. The molecule has 9 heteroatoms. The molecule has 2 unspecified atom stereocenters. The summed E-state index contributed by atoms with van der Waals surface area (Å²) >= 11 is 0. The number of hydrogen-bond donors (Lipinski definition) is 2. The van der Waals surface area contributed by atoms with Crippen LogP contribution in [0.3, 0.4) is 0 Å². The summed E-state index contributed by atoms with van der Waals surface area (Å²) in [6, 6.07) is 7.77. The van der Waals surface area contributed by atoms with E-state index in [1.54, 1.807) is 32.0 Å². The van der Waals surface area contributed by atoms with Crippen molar-refractivity contribution in [1.82, 2.24) is 0 Å². The normalized spacial score (nSPS) is 27.3. The quantitative estimate of drug-likeness (QED) is 0.757. The van der Waals surface area contributed by atoms with Crippen LogP contribution in [-0.2, 0) is 14.2 Å². The maximum absolute atomic E-state index is 11.4. The summed E-state index contributed by atoms with van der Waals surface area (Å²) in [5.74, 6) is 0.291. The number of methoxy groups -OCH3 is 1. The highest BCUT2D eigenvalue weighted by Gasteiger charge is 2.52. The van der Waals surface area contributed by atoms with E-state index in [2.05, 4.69) is 0 Å². The first-order chi connectivity index (χ1) is 12.7. The molecule has 27 heavy (non-hydrogen) atoms. The highest BCUT2D eigenvalue weighted by Crippen LogP contribution is 2.34. The Hall–Kier alpha value is -2.62. The molecule has 2 aromatic rings. The largest absolute Gasteiger partial charge is 0.461 e. The predicted octanol–water partition coefficient (Wildman–Crippen LogP) is 1.15. The summed E-state index contributed by atoms with van der Waals surface area (Å²) in [7, 11) is 1.41. The molecule has 1 aromatic carbocycles. The molecule has 9 nitrogen and oxygen atoms in total. The molecular formula is C18H21NO8. The van der Waals surface area contributed by atoms with E-state index >= 15 is 0 Å². The van der Waals surface area contributed by atoms with Gasteiger partial charge in [0.2, 0.25) is 6.29 Å². The number of carbonyl (C=O) groups is 1. The highest BCUT2D eigenvalue weighted by molar-refractivity contribution is 5.77. The topological polar surface area (TPSA) is 130 Å². The molecule has 1 aliphatic heterocycles. The van der Waals surface area contributed by atoms with Gasteiger partial charge < -0.3 is 34.2 Å². The number of aliphatic hydroxyl groups is 1. The van der Waals surface area contributed by atoms with Gasteiger partial charge in [0, 0.05) is 24.6 Å². The van der Waals surface area contributed by atoms with Gasteiger partial charge in [-0.05, 0) is 32.0 Å². The number of fused-ring (bicyclic) bond motifs is 1. The number of ether oxygens (including phenoxy) is 4. The first-order valence-corrected chi connectivity index (χ1v) is 8.26. The summed E-state index contributed by atoms with van der Waals surface area (Å²) in [4.78, 5) is 22.7. The second kappa shape index (κ2) is 7.18. The Kier molecular flexibility index (Phi) is 5.09. The SMILES string of the molecule is COC1[C@H](O)[C@H](OC(N)=O)C(Oc2ccc3ccc(=O)oc3c2)OC1(C)C. The van der Waals surface area contributed by atoms with Gasteiger partial charge in [-0.3, -0.25) is 0 Å². The lowest BCUT2D eigenvalue weighted by Gasteiger charge is -2.47. The van der Waals surface area contributed by atoms with Crippen molar-refractivity contribution in [1.29, 1.82) is 0 Å². The van der Waals surface area contributed by atoms with Crippen LogP contribution in [0.1, 0.15) is 13.8 Å². The summed E-state index contributed by atoms with van der Waals surface area (Å²) in [5, 5.41) is 11.3. The average molecular weight is 379 g/mol. The van der Waals surface area contributed by atoms with Crippen molar-refractivity contribution in [2.75, 3.05) is 7.11 Å². The highest BCUT2D eigenvalue weighted by atomic mass is 16.7. The molecule has 1 fully saturated rings. The van der Waals surface area contributed by atoms with E-state index in [0.717, 1.165) is 0 Å². The molecule has 1 aliphatic rings. The van der Waals surface area contributed by atoms with Crippen LogP contribution in [-0.4, -0.2) is 48.5 Å². The third-order valence-electron chi connectivity index (χ3n) is 4.37. The number of amides is 1. The lowest BCUT2D eigenvalue weighted by Crippen LogP contribution is -2.65. The van der Waals surface area contributed by atoms with E-state index in [0.29, 0.717) is 16.7 Å². The number of primary amides is 1. The zero-order valence-electron chi connectivity index (χ0n) is 15.1. The molecule has 1 amide bonds. The van der Waals surface area contributed by atoms with Gasteiger partial charge in [-0.1, -0.05) is 0 Å². The number of aliphatic hydroxyl groups excluding tert-OH is 1. The fourth-order valence-corrected chi connectivity index (χ4v) is 3.20. The van der Waals surface area contributed by atoms with E-state index < -0.39 is 41.9 Å². The Morgan fingerprint density at radius 2 is 1.96 bits per heavy atom. The summed E-state index contributed by atoms with van der Waals surface area (Å²) < 4.78 is 27.1. The van der Waals surface area contributed by atoms with E-state index in [1.165, 1.54) is 19.2 Å². The Balaban J connectivity index is 1.92. The Labute approximate surface area is 154 Å². The molecule has 2 heterocycles. The minimum absolute atomic E-state index is 0.291. The van der Waals surface area contributed by atoms with Crippen LogP contribution < -0.4 is 16.1 Å². The van der Waals surface area contributed by atoms with Crippen molar-refractivity contribution < 1.29 is 33.3 Å². The maximum Gasteiger partial charge on any atom is 0.405 e. The molecule has 4 atom stereocenters. The minimum atomic E-state index is -1.24. The lowest BCUT2D eigenvalue weighted by molar-refractivity contribution is -0.304. The van der Waals surface area contributed by atoms with Crippen LogP contribution in [0.4, 0.5) is 4.79 Å². The molecule has 0 bridgehead atoms. The van der Waals surface area contributed by atoms with Crippen LogP contribution in [0.2, 0.25) is 0 Å². The molecule has 3 rings (SSSR count). The number of hydrogen-bond acceptors (Lipinski definition) is 8. The van der Waals surface area contributed by atoms with Crippen molar-refractivity contribution in [3.05, 3.63) is 40.8 Å². The fraction of sp³-hybridized carbons (Fsp3) is 0.444. The Bertz CT molecular complexity index is 892. The van der Waals surface area contributed by atoms with Crippen LogP contribution >= 0.6 is 0 Å². The molecule has 146 valence electrons. The maximum atomic E-state index is 11.4. The van der Waals surface area contributed by atoms with Gasteiger partial charge in [0.05, 0.1) is 5.60 Å². The summed E-state index contributed by atoms with van der Waals surface area (Å²) in [6.07, 6.45) is -5.50. The number of nitrogens with two attached hydrogens (primary N) is 1. The van der Waals surface area contributed by atoms with E-state index in [4.69, 9.17) is 29.1 Å². The Morgan fingerprint density at radius 3 is 2.63 bits per heavy atom. The van der Waals surface area contributed by atoms with E-state index in [9.17, 15) is 14.7 Å². The molecule has 0 radical (unpaired) electrons. The number of carbonyl (C=O) groups excluding carboxylic acids is 1. The summed E-state index contributed by atoms with van der Waals surface area (Å²) in [5.41, 5.74) is 3.99. The molecular weight excluding hydrogens is 358 g/mol. The second-order valence-electron chi connectivity index (χ2n) is 6.71. The van der Waals surface area contributed by atoms with Gasteiger partial charge in [0.1, 0.15) is 23.5 Å². The second-order valence-corrected chi connectivity index (χ2v) is 6.71. The van der Waals surface area contributed by atoms with E-state index in [1.807, 2.05) is 0 Å². The van der Waals surface area contributed by atoms with Gasteiger partial charge in [-0.2, -0.15) is 0 Å². The first kappa shape index (κ1) is 19.2. The van der Waals surface area contributed by atoms with Gasteiger partial charge >= 0.3 is 11.7 Å². The van der Waals surface area contributed by atoms with Gasteiger partial charge in [-0.25, -0.2) is 9.59 Å². The van der Waals surface area contributed by atoms with E-state index in [-0.39, 0.29) is 0 Å². The molecule has 1 aromatic heterocycles. The van der Waals surface area contributed by atoms with Crippen molar-refractivity contribution in [2.24, 2.45) is 5.73 Å². The standard InChI is InChI=1S/C18H21NO8/c1-18(2)15(23-3)13(21)14(26-17(19)22)16(27-18)24-10-6-4-9-5-7-12(20)25-11(9)8-10/h4-8,13-16,21H,1-3H3,(H2,19,22)/t13-,14+,15?,16?/m1/s1. The number of benzene rings is 1. The van der Waals surface area contributed by atoms with Crippen molar-refractivity contribution in [2.45, 2.75) is 44.1 Å². The molecule has 0 spiro atoms. The van der Waals surface area contributed by atoms with Crippen LogP contribution in [0, 0.1) is 0 Å². The molecule has 0 saturated carbocycles. The van der Waals surface area contributed by atoms with Crippen LogP contribution in [0.5, 0.6) is 5.75 Å². The van der Waals surface area contributed by atoms with Crippen molar-refractivity contribution >= 4 is 17.1 Å². The molecule has 0 aliphatic carbocycles. The fourth-order valence-electron chi connectivity index (χ4n) is 3.20. The first-order valence-electron chi connectivity index (χ1n) is 8.26. The monoisotopic (exact) mass is 379 g/mol. The van der Waals surface area contributed by atoms with Crippen LogP contribution in [0.15, 0.2) is 39.5 Å². The lowest BCUT2D eigenvalue weighted by atomic mass is 9.89. The smallest absolute Gasteiger partial charge is 0.405 e. The number of rotatable bonds is 4. The zero-order chi connectivity index (χ0) is 19.8. The Morgan fingerprint density at radius 1 is 1.26 bits per heavy atom. The zero-order valence-corrected chi connectivity index (χ0v) is 15.1. The average Bonchev–Trinajstić information content (AvgIpc) is 2.57. The van der Waals surface area contributed by atoms with Crippen LogP contribution in [0.25, 0.3) is 11.0 Å². The van der Waals surface area contributed by atoms with Gasteiger partial charge in [0.25, 0.3) is 0 Å². The minimum Gasteiger partial charge on any atom is -0.461 e. The third-order valence-corrected chi connectivity index (χ3v) is 4.37. The van der Waals surface area contributed by atoms with Crippen molar-refractivity contribution in [3.8, 4) is 5.75 Å². The molecule has 3 N–H and O–H groups in total. The van der Waals surface area contributed by atoms with Gasteiger partial charge in [0.15, 0.2) is 6.10 Å². The van der Waals surface area contributed by atoms with Gasteiger partial charge in [-0.15, -0.1) is 0 Å². The predicted molar refractivity (Wildman–Crippen MR) is 93.3 cm³/mol.